The number of hydrogen-bond donors (Lipinski definition) is 2. The van der Waals surface area contributed by atoms with Crippen molar-refractivity contribution in [3.63, 3.8) is 0 Å². The lowest BCUT2D eigenvalue weighted by atomic mass is 10.1. The average Bonchev–Trinajstić information content (AvgIpc) is 2.34. The van der Waals surface area contributed by atoms with Gasteiger partial charge >= 0.3 is 5.97 Å². The largest absolute Gasteiger partial charge is 0.479 e. The summed E-state index contributed by atoms with van der Waals surface area (Å²) < 4.78 is 18.1. The summed E-state index contributed by atoms with van der Waals surface area (Å²) in [6, 6.07) is 4.11. The van der Waals surface area contributed by atoms with Crippen molar-refractivity contribution >= 4 is 23.5 Å². The quantitative estimate of drug-likeness (QED) is 0.826. The van der Waals surface area contributed by atoms with Crippen LogP contribution in [0.4, 0.5) is 4.39 Å². The first-order valence-corrected chi connectivity index (χ1v) is 5.78. The fourth-order valence-corrected chi connectivity index (χ4v) is 1.63. The van der Waals surface area contributed by atoms with Gasteiger partial charge in [0.05, 0.1) is 13.0 Å². The van der Waals surface area contributed by atoms with E-state index in [9.17, 15) is 14.0 Å². The van der Waals surface area contributed by atoms with Crippen LogP contribution in [0.15, 0.2) is 18.2 Å². The molecular weight excluding hydrogens is 277 g/mol. The second-order valence-electron chi connectivity index (χ2n) is 3.74. The molecule has 0 saturated carbocycles. The van der Waals surface area contributed by atoms with Gasteiger partial charge in [-0.15, -0.1) is 0 Å². The first-order chi connectivity index (χ1) is 8.95. The number of carboxylic acids is 1. The van der Waals surface area contributed by atoms with Gasteiger partial charge in [-0.2, -0.15) is 0 Å². The van der Waals surface area contributed by atoms with Gasteiger partial charge in [-0.3, -0.25) is 4.79 Å². The second kappa shape index (κ2) is 7.06. The SMILES string of the molecule is COC(CNC(=O)Cc1c(F)cccc1Cl)C(=O)O. The molecule has 1 atom stereocenters. The highest BCUT2D eigenvalue weighted by Gasteiger charge is 2.18. The van der Waals surface area contributed by atoms with Crippen molar-refractivity contribution in [3.8, 4) is 0 Å². The number of carbonyl (C=O) groups is 2. The number of methoxy groups -OCH3 is 1. The van der Waals surface area contributed by atoms with Crippen molar-refractivity contribution in [2.45, 2.75) is 12.5 Å². The summed E-state index contributed by atoms with van der Waals surface area (Å²) in [6.45, 7) is -0.198. The Morgan fingerprint density at radius 1 is 1.53 bits per heavy atom. The molecule has 1 aromatic rings. The van der Waals surface area contributed by atoms with E-state index >= 15 is 0 Å². The number of aliphatic carboxylic acids is 1. The predicted molar refractivity (Wildman–Crippen MR) is 66.6 cm³/mol. The summed E-state index contributed by atoms with van der Waals surface area (Å²) in [5.41, 5.74) is 0.0750. The molecule has 0 aliphatic carbocycles. The van der Waals surface area contributed by atoms with Gasteiger partial charge in [0.1, 0.15) is 5.82 Å². The van der Waals surface area contributed by atoms with Crippen LogP contribution in [0.2, 0.25) is 5.02 Å². The van der Waals surface area contributed by atoms with E-state index in [1.165, 1.54) is 25.3 Å². The average molecular weight is 290 g/mol. The standard InChI is InChI=1S/C12H13ClFNO4/c1-19-10(12(17)18)6-15-11(16)5-7-8(13)3-2-4-9(7)14/h2-4,10H,5-6H2,1H3,(H,15,16)(H,17,18). The van der Waals surface area contributed by atoms with Crippen LogP contribution < -0.4 is 5.32 Å². The Bertz CT molecular complexity index is 461. The molecule has 1 rings (SSSR count). The fraction of sp³-hybridized carbons (Fsp3) is 0.333. The van der Waals surface area contributed by atoms with E-state index in [0.29, 0.717) is 0 Å². The van der Waals surface area contributed by atoms with Crippen molar-refractivity contribution in [3.05, 3.63) is 34.6 Å². The summed E-state index contributed by atoms with van der Waals surface area (Å²) in [4.78, 5) is 22.2. The molecule has 0 bridgehead atoms. The minimum atomic E-state index is -1.19. The summed E-state index contributed by atoms with van der Waals surface area (Å²) >= 11 is 5.78. The number of carboxylic acid groups (broad SMARTS) is 1. The lowest BCUT2D eigenvalue weighted by Crippen LogP contribution is -2.38. The first kappa shape index (κ1) is 15.4. The molecule has 7 heteroatoms. The number of hydrogen-bond acceptors (Lipinski definition) is 3. The normalized spacial score (nSPS) is 11.9. The number of halogens is 2. The van der Waals surface area contributed by atoms with Crippen molar-refractivity contribution in [2.75, 3.05) is 13.7 Å². The molecule has 104 valence electrons. The van der Waals surface area contributed by atoms with Crippen molar-refractivity contribution in [1.29, 1.82) is 0 Å². The molecule has 0 spiro atoms. The highest BCUT2D eigenvalue weighted by atomic mass is 35.5. The fourth-order valence-electron chi connectivity index (χ4n) is 1.40. The Kier molecular flexibility index (Phi) is 5.72. The van der Waals surface area contributed by atoms with Gasteiger partial charge in [0, 0.05) is 17.7 Å². The first-order valence-electron chi connectivity index (χ1n) is 5.41. The van der Waals surface area contributed by atoms with E-state index < -0.39 is 23.8 Å². The molecule has 1 amide bonds. The smallest absolute Gasteiger partial charge is 0.334 e. The van der Waals surface area contributed by atoms with Gasteiger partial charge in [0.25, 0.3) is 0 Å². The minimum absolute atomic E-state index is 0.0750. The van der Waals surface area contributed by atoms with E-state index in [0.717, 1.165) is 0 Å². The van der Waals surface area contributed by atoms with Crippen LogP contribution in [-0.4, -0.2) is 36.7 Å². The molecule has 2 N–H and O–H groups in total. The van der Waals surface area contributed by atoms with Crippen molar-refractivity contribution in [1.82, 2.24) is 5.32 Å². The van der Waals surface area contributed by atoms with Gasteiger partial charge in [-0.25, -0.2) is 9.18 Å². The zero-order chi connectivity index (χ0) is 14.4. The van der Waals surface area contributed by atoms with Crippen LogP contribution in [0.1, 0.15) is 5.56 Å². The number of ether oxygens (including phenoxy) is 1. The summed E-state index contributed by atoms with van der Waals surface area (Å²) in [6.07, 6.45) is -1.40. The Hall–Kier alpha value is -1.66. The van der Waals surface area contributed by atoms with Crippen LogP contribution in [0, 0.1) is 5.82 Å². The Labute approximate surface area is 114 Å². The third-order valence-electron chi connectivity index (χ3n) is 2.44. The molecule has 1 unspecified atom stereocenters. The molecule has 0 aliphatic rings. The van der Waals surface area contributed by atoms with E-state index in [4.69, 9.17) is 16.7 Å². The number of nitrogens with one attached hydrogen (secondary N) is 1. The molecule has 0 fully saturated rings. The van der Waals surface area contributed by atoms with Gasteiger partial charge < -0.3 is 15.2 Å². The highest BCUT2D eigenvalue weighted by Crippen LogP contribution is 2.19. The third-order valence-corrected chi connectivity index (χ3v) is 2.80. The van der Waals surface area contributed by atoms with Gasteiger partial charge in [0.15, 0.2) is 6.10 Å². The third kappa shape index (κ3) is 4.50. The van der Waals surface area contributed by atoms with E-state index in [1.807, 2.05) is 0 Å². The summed E-state index contributed by atoms with van der Waals surface area (Å²) in [5, 5.41) is 11.2. The summed E-state index contributed by atoms with van der Waals surface area (Å²) in [5.74, 6) is -2.30. The zero-order valence-corrected chi connectivity index (χ0v) is 10.9. The Morgan fingerprint density at radius 2 is 2.21 bits per heavy atom. The van der Waals surface area contributed by atoms with Gasteiger partial charge in [-0.1, -0.05) is 17.7 Å². The topological polar surface area (TPSA) is 75.6 Å². The van der Waals surface area contributed by atoms with Gasteiger partial charge in [0.2, 0.25) is 5.91 Å². The van der Waals surface area contributed by atoms with Crippen molar-refractivity contribution < 1.29 is 23.8 Å². The predicted octanol–water partition coefficient (Wildman–Crippen LogP) is 1.24. The highest BCUT2D eigenvalue weighted by molar-refractivity contribution is 6.31. The number of benzene rings is 1. The molecule has 0 heterocycles. The monoisotopic (exact) mass is 289 g/mol. The minimum Gasteiger partial charge on any atom is -0.479 e. The van der Waals surface area contributed by atoms with Crippen LogP contribution in [0.25, 0.3) is 0 Å². The molecule has 0 saturated heterocycles. The van der Waals surface area contributed by atoms with Crippen LogP contribution in [0.3, 0.4) is 0 Å². The molecule has 19 heavy (non-hydrogen) atoms. The van der Waals surface area contributed by atoms with Crippen LogP contribution in [0.5, 0.6) is 0 Å². The molecular formula is C12H13ClFNO4. The zero-order valence-electron chi connectivity index (χ0n) is 10.2. The van der Waals surface area contributed by atoms with E-state index in [2.05, 4.69) is 10.1 Å². The molecule has 5 nitrogen and oxygen atoms in total. The van der Waals surface area contributed by atoms with Crippen molar-refractivity contribution in [2.24, 2.45) is 0 Å². The lowest BCUT2D eigenvalue weighted by molar-refractivity contribution is -0.148. The van der Waals surface area contributed by atoms with Crippen LogP contribution in [-0.2, 0) is 20.7 Å². The maximum absolute atomic E-state index is 13.4. The number of rotatable bonds is 6. The molecule has 0 aromatic heterocycles. The summed E-state index contributed by atoms with van der Waals surface area (Å²) in [7, 11) is 1.22. The van der Waals surface area contributed by atoms with Gasteiger partial charge in [-0.05, 0) is 12.1 Å². The molecule has 0 aliphatic heterocycles. The van der Waals surface area contributed by atoms with E-state index in [1.54, 1.807) is 0 Å². The Balaban J connectivity index is 2.59. The Morgan fingerprint density at radius 3 is 2.74 bits per heavy atom. The van der Waals surface area contributed by atoms with Crippen LogP contribution >= 0.6 is 11.6 Å². The number of amides is 1. The molecule has 0 radical (unpaired) electrons. The number of carbonyl (C=O) groups excluding carboxylic acids is 1. The van der Waals surface area contributed by atoms with E-state index in [-0.39, 0.29) is 23.6 Å². The molecule has 1 aromatic carbocycles. The maximum Gasteiger partial charge on any atom is 0.334 e. The lowest BCUT2D eigenvalue weighted by Gasteiger charge is -2.12. The maximum atomic E-state index is 13.4. The second-order valence-corrected chi connectivity index (χ2v) is 4.15.